The highest BCUT2D eigenvalue weighted by Crippen LogP contribution is 2.38. The molecule has 0 saturated heterocycles. The van der Waals surface area contributed by atoms with E-state index in [-0.39, 0.29) is 34.5 Å². The molecular formula is C20H15F4N5O2S. The molecule has 0 bridgehead atoms. The predicted molar refractivity (Wildman–Crippen MR) is 110 cm³/mol. The van der Waals surface area contributed by atoms with Gasteiger partial charge in [0.05, 0.1) is 27.8 Å². The summed E-state index contributed by atoms with van der Waals surface area (Å²) in [6, 6.07) is 8.77. The molecule has 3 aromatic rings. The van der Waals surface area contributed by atoms with Crippen molar-refractivity contribution in [2.45, 2.75) is 23.5 Å². The second kappa shape index (κ2) is 8.26. The third-order valence-corrected chi connectivity index (χ3v) is 5.63. The molecule has 2 heterocycles. The average molecular weight is 465 g/mol. The van der Waals surface area contributed by atoms with Gasteiger partial charge >= 0.3 is 6.18 Å². The Kier molecular flexibility index (Phi) is 5.63. The number of aromatic nitrogens is 3. The minimum Gasteiger partial charge on any atom is -0.323 e. The van der Waals surface area contributed by atoms with Crippen molar-refractivity contribution in [3.8, 4) is 11.4 Å². The van der Waals surface area contributed by atoms with Crippen molar-refractivity contribution in [3.63, 3.8) is 0 Å². The Morgan fingerprint density at radius 3 is 2.69 bits per heavy atom. The van der Waals surface area contributed by atoms with Crippen molar-refractivity contribution in [2.24, 2.45) is 0 Å². The number of carbonyl (C=O) groups is 2. The second-order valence-corrected chi connectivity index (χ2v) is 8.22. The highest BCUT2D eigenvalue weighted by atomic mass is 32.2. The summed E-state index contributed by atoms with van der Waals surface area (Å²) in [5.41, 5.74) is -0.652. The summed E-state index contributed by atoms with van der Waals surface area (Å²) in [6.45, 7) is 1.22. The maximum Gasteiger partial charge on any atom is 0.416 e. The zero-order chi connectivity index (χ0) is 23.0. The predicted octanol–water partition coefficient (Wildman–Crippen LogP) is 4.10. The number of benzene rings is 2. The van der Waals surface area contributed by atoms with Crippen LogP contribution in [0.5, 0.6) is 0 Å². The number of alkyl halides is 3. The lowest BCUT2D eigenvalue weighted by atomic mass is 10.1. The van der Waals surface area contributed by atoms with Crippen LogP contribution >= 0.6 is 11.8 Å². The average Bonchev–Trinajstić information content (AvgIpc) is 3.19. The van der Waals surface area contributed by atoms with Gasteiger partial charge in [0.1, 0.15) is 12.4 Å². The van der Waals surface area contributed by atoms with Crippen LogP contribution in [0.3, 0.4) is 0 Å². The number of anilines is 2. The van der Waals surface area contributed by atoms with E-state index >= 15 is 0 Å². The Balaban J connectivity index is 1.54. The quantitative estimate of drug-likeness (QED) is 0.447. The molecule has 1 aliphatic rings. The van der Waals surface area contributed by atoms with Gasteiger partial charge in [0.25, 0.3) is 0 Å². The van der Waals surface area contributed by atoms with E-state index in [4.69, 9.17) is 0 Å². The number of nitrogens with zero attached hydrogens (tertiary/aromatic N) is 3. The van der Waals surface area contributed by atoms with E-state index in [2.05, 4.69) is 20.5 Å². The van der Waals surface area contributed by atoms with Gasteiger partial charge in [-0.3, -0.25) is 19.6 Å². The molecule has 7 nitrogen and oxygen atoms in total. The van der Waals surface area contributed by atoms with Gasteiger partial charge < -0.3 is 5.32 Å². The number of thioether (sulfide) groups is 1. The van der Waals surface area contributed by atoms with E-state index in [1.807, 2.05) is 0 Å². The number of hydrogen-bond acceptors (Lipinski definition) is 5. The van der Waals surface area contributed by atoms with Gasteiger partial charge in [0.15, 0.2) is 5.82 Å². The van der Waals surface area contributed by atoms with Gasteiger partial charge in [-0.1, -0.05) is 23.9 Å². The summed E-state index contributed by atoms with van der Waals surface area (Å²) < 4.78 is 52.9. The first-order valence-electron chi connectivity index (χ1n) is 9.30. The normalized spacial score (nSPS) is 14.7. The van der Waals surface area contributed by atoms with Crippen molar-refractivity contribution < 1.29 is 27.2 Å². The van der Waals surface area contributed by atoms with Crippen molar-refractivity contribution in [1.29, 1.82) is 0 Å². The largest absolute Gasteiger partial charge is 0.416 e. The van der Waals surface area contributed by atoms with Crippen LogP contribution in [-0.2, 0) is 15.8 Å². The van der Waals surface area contributed by atoms with E-state index < -0.39 is 34.6 Å². The zero-order valence-corrected chi connectivity index (χ0v) is 17.2. The monoisotopic (exact) mass is 465 g/mol. The van der Waals surface area contributed by atoms with Gasteiger partial charge in [0, 0.05) is 0 Å². The van der Waals surface area contributed by atoms with Crippen molar-refractivity contribution in [2.75, 3.05) is 16.8 Å². The molecule has 0 spiro atoms. The molecular weight excluding hydrogens is 450 g/mol. The molecule has 1 atom stereocenters. The van der Waals surface area contributed by atoms with E-state index in [0.717, 1.165) is 34.9 Å². The maximum atomic E-state index is 13.9. The number of H-pyrrole nitrogens is 1. The van der Waals surface area contributed by atoms with E-state index in [0.29, 0.717) is 0 Å². The molecule has 0 radical (unpaired) electrons. The van der Waals surface area contributed by atoms with Gasteiger partial charge in [0.2, 0.25) is 17.0 Å². The van der Waals surface area contributed by atoms with Gasteiger partial charge in [-0.2, -0.15) is 13.2 Å². The molecule has 1 aromatic heterocycles. The fourth-order valence-corrected chi connectivity index (χ4v) is 3.95. The summed E-state index contributed by atoms with van der Waals surface area (Å²) in [5, 5.41) is 8.37. The van der Waals surface area contributed by atoms with Crippen LogP contribution in [0.1, 0.15) is 12.5 Å². The van der Waals surface area contributed by atoms with Crippen molar-refractivity contribution >= 4 is 35.0 Å². The lowest BCUT2D eigenvalue weighted by molar-refractivity contribution is -0.137. The first-order chi connectivity index (χ1) is 15.1. The number of amides is 2. The number of aromatic amines is 1. The second-order valence-electron chi connectivity index (χ2n) is 6.91. The van der Waals surface area contributed by atoms with Crippen LogP contribution in [0.4, 0.5) is 28.9 Å². The van der Waals surface area contributed by atoms with E-state index in [1.165, 1.54) is 18.2 Å². The molecule has 1 aliphatic heterocycles. The molecule has 166 valence electrons. The maximum absolute atomic E-state index is 13.9. The summed E-state index contributed by atoms with van der Waals surface area (Å²) >= 11 is 0.971. The molecule has 32 heavy (non-hydrogen) atoms. The van der Waals surface area contributed by atoms with E-state index in [1.54, 1.807) is 13.0 Å². The van der Waals surface area contributed by atoms with Crippen molar-refractivity contribution in [1.82, 2.24) is 15.2 Å². The van der Waals surface area contributed by atoms with Crippen molar-refractivity contribution in [3.05, 3.63) is 53.8 Å². The molecule has 12 heteroatoms. The van der Waals surface area contributed by atoms with Gasteiger partial charge in [-0.05, 0) is 37.3 Å². The van der Waals surface area contributed by atoms with E-state index in [9.17, 15) is 27.2 Å². The molecule has 2 amide bonds. The number of halogens is 4. The fourth-order valence-electron chi connectivity index (χ4n) is 3.16. The fraction of sp³-hybridized carbons (Fsp3) is 0.200. The summed E-state index contributed by atoms with van der Waals surface area (Å²) in [5.74, 6) is -1.42. The van der Waals surface area contributed by atoms with Crippen LogP contribution in [-0.4, -0.2) is 38.8 Å². The highest BCUT2D eigenvalue weighted by molar-refractivity contribution is 8.00. The molecule has 1 unspecified atom stereocenters. The first kappa shape index (κ1) is 21.8. The molecule has 0 aliphatic carbocycles. The summed E-state index contributed by atoms with van der Waals surface area (Å²) in [7, 11) is 0. The van der Waals surface area contributed by atoms with Gasteiger partial charge in [-0.15, -0.1) is 5.10 Å². The lowest BCUT2D eigenvalue weighted by Gasteiger charge is -2.31. The van der Waals surface area contributed by atoms with Crippen LogP contribution in [0, 0.1) is 5.82 Å². The molecule has 2 N–H and O–H groups in total. The molecule has 0 fully saturated rings. The Morgan fingerprint density at radius 1 is 1.22 bits per heavy atom. The van der Waals surface area contributed by atoms with Gasteiger partial charge in [-0.25, -0.2) is 9.37 Å². The third kappa shape index (κ3) is 4.31. The Labute approximate surface area is 183 Å². The molecule has 4 rings (SSSR count). The number of fused-ring (bicyclic) bond motifs is 1. The SMILES string of the molecule is CC(Sc1n[nH]c(-c2ccccc2F)n1)C(=O)N1CC(=O)Nc2cc(C(F)(F)F)ccc21. The minimum absolute atomic E-state index is 0.0960. The summed E-state index contributed by atoms with van der Waals surface area (Å²) in [4.78, 5) is 30.3. The number of rotatable bonds is 4. The molecule has 2 aromatic carbocycles. The lowest BCUT2D eigenvalue weighted by Crippen LogP contribution is -2.45. The number of nitrogens with one attached hydrogen (secondary N) is 2. The first-order valence-corrected chi connectivity index (χ1v) is 10.2. The molecule has 0 saturated carbocycles. The standard InChI is InChI=1S/C20H15F4N5O2S/c1-10(32-19-26-17(27-28-19)12-4-2-3-5-13(12)21)18(31)29-9-16(30)25-14-8-11(20(22,23)24)6-7-15(14)29/h2-8,10H,9H2,1H3,(H,25,30)(H,26,27,28). The Bertz CT molecular complexity index is 1200. The van der Waals surface area contributed by atoms with Crippen LogP contribution in [0.25, 0.3) is 11.4 Å². The Morgan fingerprint density at radius 2 is 1.97 bits per heavy atom. The third-order valence-electron chi connectivity index (χ3n) is 4.68. The van der Waals surface area contributed by atoms with Crippen LogP contribution in [0.2, 0.25) is 0 Å². The number of carbonyl (C=O) groups excluding carboxylic acids is 2. The smallest absolute Gasteiger partial charge is 0.323 e. The Hall–Kier alpha value is -3.41. The summed E-state index contributed by atoms with van der Waals surface area (Å²) in [6.07, 6.45) is -4.59. The van der Waals surface area contributed by atoms with Crippen LogP contribution in [0.15, 0.2) is 47.6 Å². The minimum atomic E-state index is -4.59. The number of hydrogen-bond donors (Lipinski definition) is 2. The topological polar surface area (TPSA) is 91.0 Å². The zero-order valence-electron chi connectivity index (χ0n) is 16.4. The van der Waals surface area contributed by atoms with Crippen LogP contribution < -0.4 is 10.2 Å². The highest BCUT2D eigenvalue weighted by Gasteiger charge is 2.35.